The number of nitrogens with one attached hydrogen (secondary N) is 1. The van der Waals surface area contributed by atoms with Crippen LogP contribution in [0, 0.1) is 5.82 Å². The van der Waals surface area contributed by atoms with Gasteiger partial charge in [0, 0.05) is 18.0 Å². The van der Waals surface area contributed by atoms with Crippen molar-refractivity contribution < 1.29 is 4.39 Å². The molecule has 1 fully saturated rings. The Bertz CT molecular complexity index is 907. The molecule has 1 unspecified atom stereocenters. The van der Waals surface area contributed by atoms with E-state index in [9.17, 15) is 4.39 Å². The molecule has 1 saturated heterocycles. The van der Waals surface area contributed by atoms with Crippen molar-refractivity contribution in [2.45, 2.75) is 51.5 Å². The number of benzene rings is 2. The van der Waals surface area contributed by atoms with Gasteiger partial charge in [-0.25, -0.2) is 14.1 Å². The third kappa shape index (κ3) is 4.14. The lowest BCUT2D eigenvalue weighted by Gasteiger charge is -2.21. The van der Waals surface area contributed by atoms with Gasteiger partial charge in [0.2, 0.25) is 0 Å². The Labute approximate surface area is 165 Å². The number of halogens is 1. The maximum absolute atomic E-state index is 13.4. The quantitative estimate of drug-likeness (QED) is 0.688. The molecule has 2 aromatic carbocycles. The molecule has 3 aromatic rings. The van der Waals surface area contributed by atoms with Gasteiger partial charge in [-0.15, -0.1) is 0 Å². The fourth-order valence-electron chi connectivity index (χ4n) is 3.73. The average Bonchev–Trinajstić information content (AvgIpc) is 3.13. The zero-order valence-electron chi connectivity index (χ0n) is 16.5. The monoisotopic (exact) mass is 378 g/mol. The molecule has 0 saturated carbocycles. The second-order valence-corrected chi connectivity index (χ2v) is 7.87. The third-order valence-corrected chi connectivity index (χ3v) is 5.40. The fraction of sp³-hybridized carbons (Fsp3) is 0.391. The number of rotatable bonds is 5. The largest absolute Gasteiger partial charge is 0.314 e. The standard InChI is InChI=1S/C23H27FN4/c1-16(2)17-6-8-18(9-7-17)23-26-22(15-20-5-3-4-14-25-20)27-28(23)21-12-10-19(24)11-13-21/h6-13,16,20,25H,3-5,14-15H2,1-2H3. The van der Waals surface area contributed by atoms with E-state index in [0.717, 1.165) is 42.3 Å². The number of aromatic nitrogens is 3. The summed E-state index contributed by atoms with van der Waals surface area (Å²) in [5.41, 5.74) is 3.13. The second kappa shape index (κ2) is 8.23. The van der Waals surface area contributed by atoms with E-state index in [-0.39, 0.29) is 5.82 Å². The molecular weight excluding hydrogens is 351 g/mol. The number of hydrogen-bond donors (Lipinski definition) is 1. The minimum atomic E-state index is -0.252. The van der Waals surface area contributed by atoms with Crippen LogP contribution in [-0.2, 0) is 6.42 Å². The van der Waals surface area contributed by atoms with E-state index in [1.165, 1.54) is 30.5 Å². The highest BCUT2D eigenvalue weighted by Gasteiger charge is 2.19. The summed E-state index contributed by atoms with van der Waals surface area (Å²) in [6, 6.07) is 15.3. The van der Waals surface area contributed by atoms with Crippen molar-refractivity contribution in [3.05, 3.63) is 65.7 Å². The Morgan fingerprint density at radius 1 is 1.07 bits per heavy atom. The first-order valence-corrected chi connectivity index (χ1v) is 10.2. The maximum atomic E-state index is 13.4. The zero-order chi connectivity index (χ0) is 19.5. The van der Waals surface area contributed by atoms with Gasteiger partial charge in [-0.1, -0.05) is 44.5 Å². The van der Waals surface area contributed by atoms with Gasteiger partial charge in [-0.3, -0.25) is 0 Å². The van der Waals surface area contributed by atoms with Gasteiger partial charge >= 0.3 is 0 Å². The van der Waals surface area contributed by atoms with Crippen LogP contribution in [0.2, 0.25) is 0 Å². The minimum absolute atomic E-state index is 0.252. The van der Waals surface area contributed by atoms with Gasteiger partial charge in [0.1, 0.15) is 5.82 Å². The van der Waals surface area contributed by atoms with Crippen molar-refractivity contribution in [2.24, 2.45) is 0 Å². The van der Waals surface area contributed by atoms with Crippen LogP contribution in [-0.4, -0.2) is 27.4 Å². The molecule has 0 aliphatic carbocycles. The molecule has 2 heterocycles. The van der Waals surface area contributed by atoms with Crippen LogP contribution in [0.1, 0.15) is 50.4 Å². The normalized spacial score (nSPS) is 17.2. The third-order valence-electron chi connectivity index (χ3n) is 5.40. The van der Waals surface area contributed by atoms with Crippen molar-refractivity contribution in [3.63, 3.8) is 0 Å². The lowest BCUT2D eigenvalue weighted by Crippen LogP contribution is -2.35. The summed E-state index contributed by atoms with van der Waals surface area (Å²) in [6.45, 7) is 5.43. The van der Waals surface area contributed by atoms with Crippen molar-refractivity contribution in [1.82, 2.24) is 20.1 Å². The summed E-state index contributed by atoms with van der Waals surface area (Å²) in [7, 11) is 0. The molecule has 28 heavy (non-hydrogen) atoms. The molecule has 1 N–H and O–H groups in total. The Morgan fingerprint density at radius 3 is 2.46 bits per heavy atom. The molecule has 0 amide bonds. The van der Waals surface area contributed by atoms with Gasteiger partial charge in [0.15, 0.2) is 11.6 Å². The topological polar surface area (TPSA) is 42.7 Å². The Morgan fingerprint density at radius 2 is 1.82 bits per heavy atom. The first-order chi connectivity index (χ1) is 13.6. The van der Waals surface area contributed by atoms with Crippen molar-refractivity contribution in [1.29, 1.82) is 0 Å². The molecule has 0 radical (unpaired) electrons. The smallest absolute Gasteiger partial charge is 0.163 e. The lowest BCUT2D eigenvalue weighted by molar-refractivity contribution is 0.394. The van der Waals surface area contributed by atoms with E-state index in [4.69, 9.17) is 10.1 Å². The van der Waals surface area contributed by atoms with Crippen LogP contribution in [0.25, 0.3) is 17.1 Å². The van der Waals surface area contributed by atoms with Crippen LogP contribution in [0.3, 0.4) is 0 Å². The first-order valence-electron chi connectivity index (χ1n) is 10.2. The second-order valence-electron chi connectivity index (χ2n) is 7.87. The van der Waals surface area contributed by atoms with Crippen molar-refractivity contribution in [2.75, 3.05) is 6.54 Å². The highest BCUT2D eigenvalue weighted by atomic mass is 19.1. The van der Waals surface area contributed by atoms with Gasteiger partial charge < -0.3 is 5.32 Å². The lowest BCUT2D eigenvalue weighted by atomic mass is 10.0. The van der Waals surface area contributed by atoms with Crippen LogP contribution in [0.4, 0.5) is 4.39 Å². The summed E-state index contributed by atoms with van der Waals surface area (Å²) < 4.78 is 15.2. The number of nitrogens with zero attached hydrogens (tertiary/aromatic N) is 3. The molecule has 1 aliphatic rings. The molecule has 4 rings (SSSR count). The Balaban J connectivity index is 1.70. The van der Waals surface area contributed by atoms with E-state index in [0.29, 0.717) is 12.0 Å². The van der Waals surface area contributed by atoms with Crippen LogP contribution < -0.4 is 5.32 Å². The van der Waals surface area contributed by atoms with Crippen LogP contribution in [0.5, 0.6) is 0 Å². The Hall–Kier alpha value is -2.53. The van der Waals surface area contributed by atoms with Crippen LogP contribution >= 0.6 is 0 Å². The van der Waals surface area contributed by atoms with E-state index in [1.807, 2.05) is 4.68 Å². The molecule has 1 aromatic heterocycles. The summed E-state index contributed by atoms with van der Waals surface area (Å²) in [5.74, 6) is 1.86. The van der Waals surface area contributed by atoms with E-state index >= 15 is 0 Å². The van der Waals surface area contributed by atoms with E-state index in [2.05, 4.69) is 43.4 Å². The predicted molar refractivity (Wildman–Crippen MR) is 110 cm³/mol. The first kappa shape index (κ1) is 18.8. The highest BCUT2D eigenvalue weighted by molar-refractivity contribution is 5.58. The molecule has 4 nitrogen and oxygen atoms in total. The zero-order valence-corrected chi connectivity index (χ0v) is 16.5. The van der Waals surface area contributed by atoms with Crippen LogP contribution in [0.15, 0.2) is 48.5 Å². The molecular formula is C23H27FN4. The van der Waals surface area contributed by atoms with Gasteiger partial charge in [0.05, 0.1) is 5.69 Å². The fourth-order valence-corrected chi connectivity index (χ4v) is 3.73. The summed E-state index contributed by atoms with van der Waals surface area (Å²) in [6.07, 6.45) is 4.45. The minimum Gasteiger partial charge on any atom is -0.314 e. The molecule has 0 spiro atoms. The SMILES string of the molecule is CC(C)c1ccc(-c2nc(CC3CCCCN3)nn2-c2ccc(F)cc2)cc1. The van der Waals surface area contributed by atoms with Crippen molar-refractivity contribution >= 4 is 0 Å². The van der Waals surface area contributed by atoms with E-state index in [1.54, 1.807) is 12.1 Å². The summed E-state index contributed by atoms with van der Waals surface area (Å²) in [5, 5.41) is 8.35. The average molecular weight is 378 g/mol. The highest BCUT2D eigenvalue weighted by Crippen LogP contribution is 2.25. The Kier molecular flexibility index (Phi) is 5.53. The van der Waals surface area contributed by atoms with Crippen molar-refractivity contribution in [3.8, 4) is 17.1 Å². The molecule has 1 atom stereocenters. The number of hydrogen-bond acceptors (Lipinski definition) is 3. The molecule has 5 heteroatoms. The number of piperidine rings is 1. The van der Waals surface area contributed by atoms with Gasteiger partial charge in [-0.2, -0.15) is 5.10 Å². The summed E-state index contributed by atoms with van der Waals surface area (Å²) in [4.78, 5) is 4.87. The maximum Gasteiger partial charge on any atom is 0.163 e. The van der Waals surface area contributed by atoms with Gasteiger partial charge in [0.25, 0.3) is 0 Å². The molecule has 0 bridgehead atoms. The molecule has 146 valence electrons. The van der Waals surface area contributed by atoms with E-state index < -0.39 is 0 Å². The summed E-state index contributed by atoms with van der Waals surface area (Å²) >= 11 is 0. The van der Waals surface area contributed by atoms with Gasteiger partial charge in [-0.05, 0) is 55.1 Å². The molecule has 1 aliphatic heterocycles. The predicted octanol–water partition coefficient (Wildman–Crippen LogP) is 4.88.